The van der Waals surface area contributed by atoms with Crippen LogP contribution in [0.4, 0.5) is 11.6 Å². The van der Waals surface area contributed by atoms with Crippen molar-refractivity contribution < 1.29 is 4.74 Å². The average Bonchev–Trinajstić information content (AvgIpc) is 3.39. The fourth-order valence-electron chi connectivity index (χ4n) is 3.80. The van der Waals surface area contributed by atoms with Crippen LogP contribution in [0.15, 0.2) is 72.9 Å². The number of hydrogen-bond acceptors (Lipinski definition) is 6. The van der Waals surface area contributed by atoms with Gasteiger partial charge in [0.1, 0.15) is 12.4 Å². The molecule has 0 fully saturated rings. The summed E-state index contributed by atoms with van der Waals surface area (Å²) in [7, 11) is 1.87. The van der Waals surface area contributed by atoms with Gasteiger partial charge in [0, 0.05) is 25.0 Å². The van der Waals surface area contributed by atoms with Crippen molar-refractivity contribution in [1.29, 1.82) is 0 Å². The van der Waals surface area contributed by atoms with E-state index in [1.165, 1.54) is 5.57 Å². The van der Waals surface area contributed by atoms with Crippen LogP contribution in [0.2, 0.25) is 0 Å². The molecule has 1 N–H and O–H groups in total. The van der Waals surface area contributed by atoms with E-state index in [-0.39, 0.29) is 0 Å². The normalized spacial score (nSPS) is 15.7. The summed E-state index contributed by atoms with van der Waals surface area (Å²) in [5, 5.41) is 12.8. The van der Waals surface area contributed by atoms with Crippen LogP contribution in [0, 0.1) is 5.92 Å². The van der Waals surface area contributed by atoms with Gasteiger partial charge in [-0.3, -0.25) is 4.68 Å². The molecule has 1 unspecified atom stereocenters. The van der Waals surface area contributed by atoms with Crippen molar-refractivity contribution >= 4 is 22.7 Å². The molecule has 162 valence electrons. The zero-order valence-electron chi connectivity index (χ0n) is 18.1. The highest BCUT2D eigenvalue weighted by molar-refractivity contribution is 5.75. The maximum atomic E-state index is 6.19. The van der Waals surface area contributed by atoms with Gasteiger partial charge in [-0.2, -0.15) is 15.2 Å². The van der Waals surface area contributed by atoms with Gasteiger partial charge in [-0.15, -0.1) is 0 Å². The number of rotatable bonds is 7. The van der Waals surface area contributed by atoms with Crippen molar-refractivity contribution in [2.24, 2.45) is 13.0 Å². The maximum absolute atomic E-state index is 6.19. The zero-order valence-corrected chi connectivity index (χ0v) is 18.1. The van der Waals surface area contributed by atoms with Crippen molar-refractivity contribution in [3.8, 4) is 5.75 Å². The van der Waals surface area contributed by atoms with E-state index >= 15 is 0 Å². The van der Waals surface area contributed by atoms with Crippen molar-refractivity contribution in [2.45, 2.75) is 19.9 Å². The molecule has 1 aromatic carbocycles. The summed E-state index contributed by atoms with van der Waals surface area (Å²) in [5.41, 5.74) is 3.95. The number of hydrogen-bond donors (Lipinski definition) is 1. The Kier molecular flexibility index (Phi) is 5.41. The number of anilines is 2. The smallest absolute Gasteiger partial charge is 0.229 e. The SMILES string of the molecule is CC1C=CC=C(COc2ccccc2Cn2ncc3cnc(Nc4cnn(C)c4)nc32)C1. The third kappa shape index (κ3) is 4.39. The lowest BCUT2D eigenvalue weighted by atomic mass is 9.96. The minimum Gasteiger partial charge on any atom is -0.489 e. The number of allylic oxidation sites excluding steroid dienone is 3. The summed E-state index contributed by atoms with van der Waals surface area (Å²) in [5.74, 6) is 1.92. The fraction of sp³-hybridized carbons (Fsp3) is 0.250. The van der Waals surface area contributed by atoms with E-state index in [0.29, 0.717) is 25.0 Å². The Balaban J connectivity index is 1.35. The minimum atomic E-state index is 0.503. The molecule has 1 aliphatic carbocycles. The Hall–Kier alpha value is -3.94. The van der Waals surface area contributed by atoms with E-state index in [2.05, 4.69) is 56.7 Å². The van der Waals surface area contributed by atoms with Gasteiger partial charge < -0.3 is 10.1 Å². The largest absolute Gasteiger partial charge is 0.489 e. The van der Waals surface area contributed by atoms with Crippen molar-refractivity contribution in [3.05, 3.63) is 78.4 Å². The zero-order chi connectivity index (χ0) is 21.9. The second-order valence-corrected chi connectivity index (χ2v) is 8.09. The first-order valence-corrected chi connectivity index (χ1v) is 10.7. The predicted molar refractivity (Wildman–Crippen MR) is 124 cm³/mol. The van der Waals surface area contributed by atoms with Crippen molar-refractivity contribution in [1.82, 2.24) is 29.5 Å². The van der Waals surface area contributed by atoms with Gasteiger partial charge in [-0.05, 0) is 24.0 Å². The maximum Gasteiger partial charge on any atom is 0.229 e. The molecule has 0 bridgehead atoms. The first kappa shape index (κ1) is 20.0. The third-order valence-corrected chi connectivity index (χ3v) is 5.40. The molecule has 8 nitrogen and oxygen atoms in total. The summed E-state index contributed by atoms with van der Waals surface area (Å²) in [6.07, 6.45) is 14.7. The van der Waals surface area contributed by atoms with Gasteiger partial charge in [0.15, 0.2) is 5.65 Å². The van der Waals surface area contributed by atoms with E-state index in [1.807, 2.05) is 36.1 Å². The van der Waals surface area contributed by atoms with Gasteiger partial charge in [0.25, 0.3) is 0 Å². The molecule has 32 heavy (non-hydrogen) atoms. The van der Waals surface area contributed by atoms with Crippen LogP contribution in [-0.4, -0.2) is 36.1 Å². The molecule has 5 rings (SSSR count). The summed E-state index contributed by atoms with van der Waals surface area (Å²) in [6.45, 7) is 3.37. The van der Waals surface area contributed by atoms with Crippen LogP contribution in [0.1, 0.15) is 18.9 Å². The molecule has 0 saturated carbocycles. The van der Waals surface area contributed by atoms with Crippen LogP contribution < -0.4 is 10.1 Å². The molecule has 3 heterocycles. The van der Waals surface area contributed by atoms with Crippen molar-refractivity contribution in [3.63, 3.8) is 0 Å². The molecular weight excluding hydrogens is 402 g/mol. The lowest BCUT2D eigenvalue weighted by Gasteiger charge is -2.17. The average molecular weight is 428 g/mol. The molecule has 1 aliphatic rings. The van der Waals surface area contributed by atoms with Gasteiger partial charge in [0.05, 0.1) is 30.0 Å². The Bertz CT molecular complexity index is 1300. The third-order valence-electron chi connectivity index (χ3n) is 5.40. The lowest BCUT2D eigenvalue weighted by molar-refractivity contribution is 0.339. The van der Waals surface area contributed by atoms with E-state index in [9.17, 15) is 0 Å². The number of ether oxygens (including phenoxy) is 1. The van der Waals surface area contributed by atoms with E-state index < -0.39 is 0 Å². The van der Waals surface area contributed by atoms with Crippen LogP contribution in [0.3, 0.4) is 0 Å². The molecule has 0 aliphatic heterocycles. The molecule has 0 saturated heterocycles. The van der Waals surface area contributed by atoms with Crippen LogP contribution in [0.5, 0.6) is 5.75 Å². The van der Waals surface area contributed by atoms with E-state index in [0.717, 1.165) is 34.5 Å². The molecule has 1 atom stereocenters. The Morgan fingerprint density at radius 2 is 2.06 bits per heavy atom. The number of aryl methyl sites for hydroxylation is 1. The number of nitrogens with zero attached hydrogens (tertiary/aromatic N) is 6. The summed E-state index contributed by atoms with van der Waals surface area (Å²) in [4.78, 5) is 9.06. The number of para-hydroxylation sites is 1. The second-order valence-electron chi connectivity index (χ2n) is 8.09. The quantitative estimate of drug-likeness (QED) is 0.475. The highest BCUT2D eigenvalue weighted by Gasteiger charge is 2.12. The van der Waals surface area contributed by atoms with Gasteiger partial charge in [-0.25, -0.2) is 9.67 Å². The minimum absolute atomic E-state index is 0.503. The Morgan fingerprint density at radius 3 is 2.91 bits per heavy atom. The highest BCUT2D eigenvalue weighted by Crippen LogP contribution is 2.24. The first-order valence-electron chi connectivity index (χ1n) is 10.7. The highest BCUT2D eigenvalue weighted by atomic mass is 16.5. The van der Waals surface area contributed by atoms with Gasteiger partial charge in [0.2, 0.25) is 5.95 Å². The van der Waals surface area contributed by atoms with E-state index in [1.54, 1.807) is 23.3 Å². The topological polar surface area (TPSA) is 82.7 Å². The molecular formula is C24H25N7O. The number of nitrogens with one attached hydrogen (secondary N) is 1. The van der Waals surface area contributed by atoms with Gasteiger partial charge >= 0.3 is 0 Å². The summed E-state index contributed by atoms with van der Waals surface area (Å²) in [6, 6.07) is 8.09. The summed E-state index contributed by atoms with van der Waals surface area (Å²) >= 11 is 0. The second kappa shape index (κ2) is 8.66. The van der Waals surface area contributed by atoms with Crippen molar-refractivity contribution in [2.75, 3.05) is 11.9 Å². The monoisotopic (exact) mass is 427 g/mol. The Morgan fingerprint density at radius 1 is 1.16 bits per heavy atom. The molecule has 0 radical (unpaired) electrons. The summed E-state index contributed by atoms with van der Waals surface area (Å²) < 4.78 is 9.79. The molecule has 4 aromatic rings. The van der Waals surface area contributed by atoms with Crippen LogP contribution >= 0.6 is 0 Å². The fourth-order valence-corrected chi connectivity index (χ4v) is 3.80. The van der Waals surface area contributed by atoms with Crippen LogP contribution in [0.25, 0.3) is 11.0 Å². The number of benzene rings is 1. The predicted octanol–water partition coefficient (Wildman–Crippen LogP) is 4.25. The molecule has 0 spiro atoms. The lowest BCUT2D eigenvalue weighted by Crippen LogP contribution is -2.09. The number of aromatic nitrogens is 6. The molecule has 8 heteroatoms. The standard InChI is InChI=1S/C24H25N7O/c1-17-6-5-7-18(10-17)16-32-22-9-4-3-8-19(22)14-31-23-20(12-27-31)11-25-24(29-23)28-21-13-26-30(2)15-21/h3-9,11-13,15,17H,10,14,16H2,1-2H3,(H,25,28,29). The first-order chi connectivity index (χ1) is 15.6. The molecule has 3 aromatic heterocycles. The van der Waals surface area contributed by atoms with E-state index in [4.69, 9.17) is 4.74 Å². The molecule has 0 amide bonds. The Labute approximate surface area is 186 Å². The van der Waals surface area contributed by atoms with Gasteiger partial charge in [-0.1, -0.05) is 43.4 Å². The van der Waals surface area contributed by atoms with Crippen LogP contribution in [-0.2, 0) is 13.6 Å². The number of fused-ring (bicyclic) bond motifs is 1.